The first kappa shape index (κ1) is 7.03. The second kappa shape index (κ2) is 2.17. The molecule has 0 bridgehead atoms. The van der Waals surface area contributed by atoms with Gasteiger partial charge in [0.05, 0.1) is 0 Å². The van der Waals surface area contributed by atoms with Gasteiger partial charge >= 0.3 is 0 Å². The molecule has 0 aromatic carbocycles. The summed E-state index contributed by atoms with van der Waals surface area (Å²) < 4.78 is 4.10. The van der Waals surface area contributed by atoms with Crippen molar-refractivity contribution < 1.29 is 0 Å². The molecule has 0 radical (unpaired) electrons. The lowest BCUT2D eigenvalue weighted by Gasteiger charge is -2.07. The first-order chi connectivity index (χ1) is 5.18. The number of hydrogen-bond donors (Lipinski definition) is 1. The van der Waals surface area contributed by atoms with E-state index in [1.54, 1.807) is 0 Å². The largest absolute Gasteiger partial charge is 0.355 e. The van der Waals surface area contributed by atoms with Crippen LogP contribution in [0.1, 0.15) is 25.6 Å². The molecule has 4 heteroatoms. The Labute approximate surface area is 70.0 Å². The van der Waals surface area contributed by atoms with Gasteiger partial charge in [-0.15, -0.1) is 0 Å². The predicted octanol–water partition coefficient (Wildman–Crippen LogP) is 1.81. The Morgan fingerprint density at radius 3 is 2.73 bits per heavy atom. The van der Waals surface area contributed by atoms with E-state index in [0.717, 1.165) is 11.0 Å². The van der Waals surface area contributed by atoms with Crippen LogP contribution in [-0.2, 0) is 0 Å². The summed E-state index contributed by atoms with van der Waals surface area (Å²) in [6.07, 6.45) is 2.51. The second-order valence-corrected chi connectivity index (χ2v) is 4.08. The number of aryl methyl sites for hydroxylation is 1. The van der Waals surface area contributed by atoms with Gasteiger partial charge in [-0.05, 0) is 26.7 Å². The molecule has 1 saturated carbocycles. The van der Waals surface area contributed by atoms with E-state index in [2.05, 4.69) is 21.6 Å². The van der Waals surface area contributed by atoms with Crippen LogP contribution in [0.15, 0.2) is 0 Å². The van der Waals surface area contributed by atoms with E-state index in [1.165, 1.54) is 24.4 Å². The summed E-state index contributed by atoms with van der Waals surface area (Å²) in [7, 11) is 0. The zero-order valence-electron chi connectivity index (χ0n) is 6.72. The first-order valence-electron chi connectivity index (χ1n) is 3.76. The maximum atomic E-state index is 4.23. The smallest absolute Gasteiger partial charge is 0.202 e. The molecule has 1 N–H and O–H groups in total. The van der Waals surface area contributed by atoms with Crippen LogP contribution >= 0.6 is 11.5 Å². The molecule has 60 valence electrons. The lowest BCUT2D eigenvalue weighted by Crippen LogP contribution is -2.15. The Balaban J connectivity index is 2.06. The fourth-order valence-corrected chi connectivity index (χ4v) is 1.64. The van der Waals surface area contributed by atoms with Gasteiger partial charge in [-0.25, -0.2) is 4.98 Å². The zero-order valence-corrected chi connectivity index (χ0v) is 7.53. The summed E-state index contributed by atoms with van der Waals surface area (Å²) >= 11 is 1.44. The van der Waals surface area contributed by atoms with E-state index in [0.29, 0.717) is 5.54 Å². The van der Waals surface area contributed by atoms with Gasteiger partial charge < -0.3 is 5.32 Å². The highest BCUT2D eigenvalue weighted by atomic mass is 32.1. The highest BCUT2D eigenvalue weighted by Gasteiger charge is 2.37. The summed E-state index contributed by atoms with van der Waals surface area (Å²) in [4.78, 5) is 4.23. The van der Waals surface area contributed by atoms with E-state index in [9.17, 15) is 0 Å². The molecule has 0 unspecified atom stereocenters. The Kier molecular flexibility index (Phi) is 1.39. The number of aromatic nitrogens is 2. The van der Waals surface area contributed by atoms with Crippen LogP contribution in [0.25, 0.3) is 0 Å². The third-order valence-corrected chi connectivity index (χ3v) is 2.66. The van der Waals surface area contributed by atoms with Crippen molar-refractivity contribution in [3.63, 3.8) is 0 Å². The van der Waals surface area contributed by atoms with E-state index >= 15 is 0 Å². The molecule has 0 atom stereocenters. The summed E-state index contributed by atoms with van der Waals surface area (Å²) in [5.74, 6) is 0.863. The van der Waals surface area contributed by atoms with Gasteiger partial charge in [0.2, 0.25) is 5.13 Å². The topological polar surface area (TPSA) is 37.8 Å². The number of nitrogens with one attached hydrogen (secondary N) is 1. The minimum Gasteiger partial charge on any atom is -0.355 e. The van der Waals surface area contributed by atoms with Crippen molar-refractivity contribution >= 4 is 16.7 Å². The maximum Gasteiger partial charge on any atom is 0.202 e. The molecule has 1 aromatic heterocycles. The molecule has 0 aliphatic heterocycles. The fraction of sp³-hybridized carbons (Fsp3) is 0.714. The molecule has 1 heterocycles. The third-order valence-electron chi connectivity index (χ3n) is 1.94. The van der Waals surface area contributed by atoms with Gasteiger partial charge in [-0.1, -0.05) is 0 Å². The van der Waals surface area contributed by atoms with Crippen LogP contribution in [0, 0.1) is 6.92 Å². The molecular formula is C7H11N3S. The van der Waals surface area contributed by atoms with Crippen LogP contribution in [0.4, 0.5) is 5.13 Å². The molecule has 11 heavy (non-hydrogen) atoms. The van der Waals surface area contributed by atoms with Gasteiger partial charge in [0.15, 0.2) is 0 Å². The van der Waals surface area contributed by atoms with Crippen LogP contribution in [0.5, 0.6) is 0 Å². The summed E-state index contributed by atoms with van der Waals surface area (Å²) in [6.45, 7) is 4.13. The Hall–Kier alpha value is -0.640. The van der Waals surface area contributed by atoms with Gasteiger partial charge in [0.1, 0.15) is 5.82 Å². The number of hydrogen-bond acceptors (Lipinski definition) is 4. The average molecular weight is 169 g/mol. The molecule has 0 spiro atoms. The summed E-state index contributed by atoms with van der Waals surface area (Å²) in [6, 6.07) is 0. The van der Waals surface area contributed by atoms with Crippen molar-refractivity contribution in [1.29, 1.82) is 0 Å². The van der Waals surface area contributed by atoms with Crippen molar-refractivity contribution in [3.05, 3.63) is 5.82 Å². The molecule has 1 aliphatic rings. The van der Waals surface area contributed by atoms with E-state index in [4.69, 9.17) is 0 Å². The summed E-state index contributed by atoms with van der Waals surface area (Å²) in [5, 5.41) is 4.32. The van der Waals surface area contributed by atoms with E-state index in [-0.39, 0.29) is 0 Å². The molecule has 1 aromatic rings. The van der Waals surface area contributed by atoms with Crippen molar-refractivity contribution in [1.82, 2.24) is 9.36 Å². The fourth-order valence-electron chi connectivity index (χ4n) is 0.919. The minimum absolute atomic E-state index is 0.325. The Morgan fingerprint density at radius 2 is 2.27 bits per heavy atom. The number of rotatable bonds is 2. The van der Waals surface area contributed by atoms with Crippen LogP contribution < -0.4 is 5.32 Å². The number of nitrogens with zero attached hydrogens (tertiary/aromatic N) is 2. The van der Waals surface area contributed by atoms with Gasteiger partial charge in [0, 0.05) is 17.1 Å². The molecule has 0 saturated heterocycles. The Morgan fingerprint density at radius 1 is 1.55 bits per heavy atom. The molecule has 2 rings (SSSR count). The molecule has 1 aliphatic carbocycles. The normalized spacial score (nSPS) is 19.8. The highest BCUT2D eigenvalue weighted by Crippen LogP contribution is 2.38. The SMILES string of the molecule is Cc1nsc(NC2(C)CC2)n1. The van der Waals surface area contributed by atoms with Crippen molar-refractivity contribution in [2.24, 2.45) is 0 Å². The zero-order chi connectivity index (χ0) is 7.90. The lowest BCUT2D eigenvalue weighted by molar-refractivity contribution is 0.826. The van der Waals surface area contributed by atoms with Gasteiger partial charge in [0.25, 0.3) is 0 Å². The first-order valence-corrected chi connectivity index (χ1v) is 4.54. The monoisotopic (exact) mass is 169 g/mol. The maximum absolute atomic E-state index is 4.23. The third kappa shape index (κ3) is 1.50. The van der Waals surface area contributed by atoms with E-state index in [1.807, 2.05) is 6.92 Å². The molecule has 3 nitrogen and oxygen atoms in total. The number of anilines is 1. The summed E-state index contributed by atoms with van der Waals surface area (Å²) in [5.41, 5.74) is 0.325. The minimum atomic E-state index is 0.325. The van der Waals surface area contributed by atoms with Crippen LogP contribution in [-0.4, -0.2) is 14.9 Å². The van der Waals surface area contributed by atoms with Gasteiger partial charge in [-0.3, -0.25) is 0 Å². The van der Waals surface area contributed by atoms with Crippen LogP contribution in [0.3, 0.4) is 0 Å². The second-order valence-electron chi connectivity index (χ2n) is 3.33. The Bertz CT molecular complexity index is 264. The molecule has 0 amide bonds. The average Bonchev–Trinajstić information content (AvgIpc) is 2.49. The van der Waals surface area contributed by atoms with Crippen molar-refractivity contribution in [2.75, 3.05) is 5.32 Å². The van der Waals surface area contributed by atoms with Crippen LogP contribution in [0.2, 0.25) is 0 Å². The molecular weight excluding hydrogens is 158 g/mol. The van der Waals surface area contributed by atoms with Crippen molar-refractivity contribution in [2.45, 2.75) is 32.2 Å². The van der Waals surface area contributed by atoms with E-state index < -0.39 is 0 Å². The quantitative estimate of drug-likeness (QED) is 0.733. The van der Waals surface area contributed by atoms with Crippen molar-refractivity contribution in [3.8, 4) is 0 Å². The molecule has 1 fully saturated rings. The highest BCUT2D eigenvalue weighted by molar-refractivity contribution is 7.09. The lowest BCUT2D eigenvalue weighted by atomic mass is 10.3. The van der Waals surface area contributed by atoms with Gasteiger partial charge in [-0.2, -0.15) is 4.37 Å². The standard InChI is InChI=1S/C7H11N3S/c1-5-8-6(11-10-5)9-7(2)3-4-7/h3-4H2,1-2H3,(H,8,9,10). The predicted molar refractivity (Wildman–Crippen MR) is 45.9 cm³/mol.